The second-order valence-electron chi connectivity index (χ2n) is 8.83. The summed E-state index contributed by atoms with van der Waals surface area (Å²) in [7, 11) is -3.75. The van der Waals surface area contributed by atoms with Crippen LogP contribution in [0.5, 0.6) is 11.5 Å². The number of ether oxygens (including phenoxy) is 2. The molecular formula is C24H27N3O6S. The maximum absolute atomic E-state index is 13.4. The van der Waals surface area contributed by atoms with E-state index in [-0.39, 0.29) is 30.0 Å². The molecule has 180 valence electrons. The first-order chi connectivity index (χ1) is 16.4. The number of fused-ring (bicyclic) bond motifs is 2. The van der Waals surface area contributed by atoms with Gasteiger partial charge in [0.15, 0.2) is 11.5 Å². The van der Waals surface area contributed by atoms with Gasteiger partial charge in [0.2, 0.25) is 28.6 Å². The summed E-state index contributed by atoms with van der Waals surface area (Å²) >= 11 is 0. The lowest BCUT2D eigenvalue weighted by Gasteiger charge is -2.31. The van der Waals surface area contributed by atoms with Crippen LogP contribution in [0.25, 0.3) is 0 Å². The number of piperidine rings is 1. The number of amides is 2. The first kappa shape index (κ1) is 22.7. The van der Waals surface area contributed by atoms with Crippen molar-refractivity contribution in [2.45, 2.75) is 43.5 Å². The molecule has 5 rings (SSSR count). The molecule has 1 fully saturated rings. The lowest BCUT2D eigenvalue weighted by Crippen LogP contribution is -2.45. The molecule has 0 aromatic heterocycles. The highest BCUT2D eigenvalue weighted by Crippen LogP contribution is 2.33. The lowest BCUT2D eigenvalue weighted by molar-refractivity contribution is -0.126. The first-order valence-electron chi connectivity index (χ1n) is 11.5. The number of rotatable bonds is 5. The fourth-order valence-electron chi connectivity index (χ4n) is 4.62. The number of carbonyl (C=O) groups is 2. The van der Waals surface area contributed by atoms with Gasteiger partial charge < -0.3 is 20.1 Å². The fourth-order valence-corrected chi connectivity index (χ4v) is 6.19. The Morgan fingerprint density at radius 3 is 2.82 bits per heavy atom. The van der Waals surface area contributed by atoms with Crippen molar-refractivity contribution in [2.24, 2.45) is 5.92 Å². The molecule has 3 heterocycles. The molecule has 0 bridgehead atoms. The first-order valence-corrected chi connectivity index (χ1v) is 12.9. The number of nitrogens with zero attached hydrogens (tertiary/aromatic N) is 1. The smallest absolute Gasteiger partial charge is 0.243 e. The minimum atomic E-state index is -3.75. The molecule has 1 saturated heterocycles. The predicted octanol–water partition coefficient (Wildman–Crippen LogP) is 2.41. The Morgan fingerprint density at radius 1 is 1.09 bits per heavy atom. The van der Waals surface area contributed by atoms with Gasteiger partial charge in [-0.3, -0.25) is 9.59 Å². The van der Waals surface area contributed by atoms with Crippen LogP contribution in [0, 0.1) is 5.92 Å². The van der Waals surface area contributed by atoms with Crippen LogP contribution < -0.4 is 20.1 Å². The Kier molecular flexibility index (Phi) is 6.18. The maximum Gasteiger partial charge on any atom is 0.243 e. The molecule has 2 aromatic rings. The van der Waals surface area contributed by atoms with Crippen LogP contribution in [0.3, 0.4) is 0 Å². The van der Waals surface area contributed by atoms with Crippen molar-refractivity contribution in [1.82, 2.24) is 9.62 Å². The fraction of sp³-hybridized carbons (Fsp3) is 0.417. The van der Waals surface area contributed by atoms with Gasteiger partial charge in [-0.2, -0.15) is 4.31 Å². The number of anilines is 1. The molecule has 2 amide bonds. The summed E-state index contributed by atoms with van der Waals surface area (Å²) in [4.78, 5) is 24.8. The van der Waals surface area contributed by atoms with Gasteiger partial charge in [0.05, 0.1) is 10.8 Å². The van der Waals surface area contributed by atoms with E-state index in [2.05, 4.69) is 10.6 Å². The van der Waals surface area contributed by atoms with Gasteiger partial charge in [-0.05, 0) is 67.1 Å². The Morgan fingerprint density at radius 2 is 1.94 bits per heavy atom. The van der Waals surface area contributed by atoms with Crippen LogP contribution in [0.1, 0.15) is 36.8 Å². The molecule has 0 spiro atoms. The largest absolute Gasteiger partial charge is 0.454 e. The van der Waals surface area contributed by atoms with Gasteiger partial charge >= 0.3 is 0 Å². The van der Waals surface area contributed by atoms with Crippen LogP contribution in [0.4, 0.5) is 5.69 Å². The third-order valence-electron chi connectivity index (χ3n) is 6.50. The minimum Gasteiger partial charge on any atom is -0.454 e. The van der Waals surface area contributed by atoms with E-state index in [1.54, 1.807) is 12.1 Å². The monoisotopic (exact) mass is 485 g/mol. The van der Waals surface area contributed by atoms with E-state index in [9.17, 15) is 18.0 Å². The number of benzene rings is 2. The highest BCUT2D eigenvalue weighted by atomic mass is 32.2. The van der Waals surface area contributed by atoms with Gasteiger partial charge in [0, 0.05) is 31.7 Å². The molecule has 34 heavy (non-hydrogen) atoms. The Bertz CT molecular complexity index is 1230. The third kappa shape index (κ3) is 4.60. The number of aryl methyl sites for hydroxylation is 1. The maximum atomic E-state index is 13.4. The number of carbonyl (C=O) groups excluding carboxylic acids is 2. The molecule has 10 heteroatoms. The number of sulfonamides is 1. The van der Waals surface area contributed by atoms with Crippen molar-refractivity contribution < 1.29 is 27.5 Å². The van der Waals surface area contributed by atoms with Gasteiger partial charge in [0.1, 0.15) is 0 Å². The zero-order valence-electron chi connectivity index (χ0n) is 18.7. The summed E-state index contributed by atoms with van der Waals surface area (Å²) in [6, 6.07) is 10.4. The van der Waals surface area contributed by atoms with Crippen LogP contribution in [0.2, 0.25) is 0 Å². The molecule has 0 radical (unpaired) electrons. The predicted molar refractivity (Wildman–Crippen MR) is 124 cm³/mol. The summed E-state index contributed by atoms with van der Waals surface area (Å²) in [5, 5.41) is 5.76. The zero-order chi connectivity index (χ0) is 23.7. The summed E-state index contributed by atoms with van der Waals surface area (Å²) in [6.45, 7) is 1.04. The topological polar surface area (TPSA) is 114 Å². The van der Waals surface area contributed by atoms with E-state index >= 15 is 0 Å². The van der Waals surface area contributed by atoms with Crippen LogP contribution >= 0.6 is 0 Å². The number of hydrogen-bond acceptors (Lipinski definition) is 6. The molecule has 3 aliphatic rings. The summed E-state index contributed by atoms with van der Waals surface area (Å²) in [6.07, 6.45) is 2.99. The number of hydrogen-bond donors (Lipinski definition) is 2. The van der Waals surface area contributed by atoms with Crippen LogP contribution in [-0.2, 0) is 32.6 Å². The SMILES string of the molecule is O=C1CCCc2cc(S(=O)(=O)N3CCC[C@@H](C(=O)NCc4ccc5c(c4)OCO5)C3)ccc2N1. The second kappa shape index (κ2) is 9.27. The van der Waals surface area contributed by atoms with Crippen molar-refractivity contribution in [3.05, 3.63) is 47.5 Å². The van der Waals surface area contributed by atoms with E-state index in [0.29, 0.717) is 62.4 Å². The molecule has 0 unspecified atom stereocenters. The molecule has 9 nitrogen and oxygen atoms in total. The Labute approximate surface area is 198 Å². The second-order valence-corrected chi connectivity index (χ2v) is 10.8. The lowest BCUT2D eigenvalue weighted by atomic mass is 9.98. The van der Waals surface area contributed by atoms with Crippen molar-refractivity contribution in [3.63, 3.8) is 0 Å². The normalized spacial score (nSPS) is 20.2. The van der Waals surface area contributed by atoms with E-state index in [4.69, 9.17) is 9.47 Å². The molecule has 2 N–H and O–H groups in total. The third-order valence-corrected chi connectivity index (χ3v) is 8.36. The van der Waals surface area contributed by atoms with E-state index in [1.165, 1.54) is 10.4 Å². The molecule has 1 atom stereocenters. The average Bonchev–Trinajstić information content (AvgIpc) is 3.23. The van der Waals surface area contributed by atoms with Crippen molar-refractivity contribution in [3.8, 4) is 11.5 Å². The molecular weight excluding hydrogens is 458 g/mol. The highest BCUT2D eigenvalue weighted by molar-refractivity contribution is 7.89. The minimum absolute atomic E-state index is 0.0556. The van der Waals surface area contributed by atoms with Gasteiger partial charge in [-0.15, -0.1) is 0 Å². The molecule has 3 aliphatic heterocycles. The molecule has 0 aliphatic carbocycles. The zero-order valence-corrected chi connectivity index (χ0v) is 19.5. The molecule has 0 saturated carbocycles. The van der Waals surface area contributed by atoms with Crippen molar-refractivity contribution in [1.29, 1.82) is 0 Å². The quantitative estimate of drug-likeness (QED) is 0.672. The summed E-state index contributed by atoms with van der Waals surface area (Å²) < 4.78 is 38.8. The van der Waals surface area contributed by atoms with Crippen LogP contribution in [-0.4, -0.2) is 44.4 Å². The van der Waals surface area contributed by atoms with E-state index < -0.39 is 15.9 Å². The number of nitrogens with one attached hydrogen (secondary N) is 2. The standard InChI is InChI=1S/C24H27N3O6S/c28-23-5-1-3-17-12-19(7-8-20(17)26-23)34(30,31)27-10-2-4-18(14-27)24(29)25-13-16-6-9-21-22(11-16)33-15-32-21/h6-9,11-12,18H,1-5,10,13-15H2,(H,25,29)(H,26,28)/t18-/m1/s1. The average molecular weight is 486 g/mol. The van der Waals surface area contributed by atoms with Gasteiger partial charge in [0.25, 0.3) is 0 Å². The van der Waals surface area contributed by atoms with Gasteiger partial charge in [-0.1, -0.05) is 6.07 Å². The van der Waals surface area contributed by atoms with Crippen molar-refractivity contribution in [2.75, 3.05) is 25.2 Å². The Balaban J connectivity index is 1.25. The Hall–Kier alpha value is -3.11. The van der Waals surface area contributed by atoms with E-state index in [1.807, 2.05) is 18.2 Å². The summed E-state index contributed by atoms with van der Waals surface area (Å²) in [5.41, 5.74) is 2.37. The molecule has 2 aromatic carbocycles. The highest BCUT2D eigenvalue weighted by Gasteiger charge is 2.33. The van der Waals surface area contributed by atoms with Crippen molar-refractivity contribution >= 4 is 27.5 Å². The van der Waals surface area contributed by atoms with E-state index in [0.717, 1.165) is 11.1 Å². The van der Waals surface area contributed by atoms with Gasteiger partial charge in [-0.25, -0.2) is 8.42 Å². The van der Waals surface area contributed by atoms with Crippen LogP contribution in [0.15, 0.2) is 41.3 Å². The summed E-state index contributed by atoms with van der Waals surface area (Å²) in [5.74, 6) is 0.699.